The zero-order chi connectivity index (χ0) is 13.9. The predicted molar refractivity (Wildman–Crippen MR) is 78.1 cm³/mol. The summed E-state index contributed by atoms with van der Waals surface area (Å²) in [7, 11) is 0. The Balaban J connectivity index is 1.77. The number of hydrogen-bond donors (Lipinski definition) is 1. The minimum atomic E-state index is 0.273. The van der Waals surface area contributed by atoms with Crippen LogP contribution in [0.2, 0.25) is 0 Å². The summed E-state index contributed by atoms with van der Waals surface area (Å²) in [5, 5.41) is 3.30. The highest BCUT2D eigenvalue weighted by Gasteiger charge is 2.30. The molecular weight excluding hydrogens is 238 g/mol. The Morgan fingerprint density at radius 3 is 2.21 bits per heavy atom. The molecule has 4 nitrogen and oxygen atoms in total. The van der Waals surface area contributed by atoms with Gasteiger partial charge in [-0.25, -0.2) is 0 Å². The van der Waals surface area contributed by atoms with E-state index in [2.05, 4.69) is 35.9 Å². The Labute approximate surface area is 117 Å². The van der Waals surface area contributed by atoms with Gasteiger partial charge in [-0.15, -0.1) is 0 Å². The lowest BCUT2D eigenvalue weighted by Crippen LogP contribution is -2.50. The van der Waals surface area contributed by atoms with Crippen LogP contribution in [-0.2, 0) is 4.79 Å². The molecule has 0 radical (unpaired) electrons. The summed E-state index contributed by atoms with van der Waals surface area (Å²) in [4.78, 5) is 17.0. The number of piperazine rings is 1. The Bertz CT molecular complexity index is 297. The van der Waals surface area contributed by atoms with Crippen LogP contribution < -0.4 is 5.32 Å². The molecule has 2 aliphatic heterocycles. The van der Waals surface area contributed by atoms with Crippen LogP contribution in [0.3, 0.4) is 0 Å². The van der Waals surface area contributed by atoms with Crippen LogP contribution in [0.25, 0.3) is 0 Å². The van der Waals surface area contributed by atoms with E-state index in [0.29, 0.717) is 11.3 Å². The van der Waals surface area contributed by atoms with Crippen molar-refractivity contribution in [1.29, 1.82) is 0 Å². The molecule has 0 saturated carbocycles. The number of carbonyl (C=O) groups is 1. The summed E-state index contributed by atoms with van der Waals surface area (Å²) in [6.07, 6.45) is 2.08. The molecule has 0 bridgehead atoms. The van der Waals surface area contributed by atoms with E-state index in [1.165, 1.54) is 0 Å². The average Bonchev–Trinajstić information content (AvgIpc) is 2.38. The van der Waals surface area contributed by atoms with E-state index < -0.39 is 0 Å². The van der Waals surface area contributed by atoms with Crippen molar-refractivity contribution in [3.05, 3.63) is 0 Å². The number of nitrogens with zero attached hydrogens (tertiary/aromatic N) is 2. The zero-order valence-electron chi connectivity index (χ0n) is 12.7. The third kappa shape index (κ3) is 4.46. The highest BCUT2D eigenvalue weighted by Crippen LogP contribution is 2.23. The number of likely N-dealkylation sites (tertiary alicyclic amines) is 1. The van der Waals surface area contributed by atoms with Crippen molar-refractivity contribution in [2.45, 2.75) is 33.6 Å². The minimum Gasteiger partial charge on any atom is -0.340 e. The van der Waals surface area contributed by atoms with Gasteiger partial charge in [0.2, 0.25) is 5.91 Å². The molecular formula is C15H29N3O. The normalized spacial score (nSPS) is 23.6. The lowest BCUT2D eigenvalue weighted by Gasteiger charge is -2.37. The highest BCUT2D eigenvalue weighted by molar-refractivity contribution is 5.79. The third-order valence-corrected chi connectivity index (χ3v) is 4.06. The second-order valence-corrected chi connectivity index (χ2v) is 7.19. The predicted octanol–water partition coefficient (Wildman–Crippen LogP) is 1.18. The SMILES string of the molecule is CC(C)(C)CN1CCC(C(=O)N2CCNCC2)CC1. The summed E-state index contributed by atoms with van der Waals surface area (Å²) < 4.78 is 0. The van der Waals surface area contributed by atoms with Crippen LogP contribution >= 0.6 is 0 Å². The first-order valence-electron chi connectivity index (χ1n) is 7.67. The van der Waals surface area contributed by atoms with E-state index in [4.69, 9.17) is 0 Å². The molecule has 4 heteroatoms. The van der Waals surface area contributed by atoms with E-state index in [9.17, 15) is 4.79 Å². The number of hydrogen-bond acceptors (Lipinski definition) is 3. The summed E-state index contributed by atoms with van der Waals surface area (Å²) in [6, 6.07) is 0. The van der Waals surface area contributed by atoms with Gasteiger partial charge in [-0.05, 0) is 31.3 Å². The molecule has 2 fully saturated rings. The Morgan fingerprint density at radius 1 is 1.11 bits per heavy atom. The molecule has 2 aliphatic rings. The first-order chi connectivity index (χ1) is 8.96. The molecule has 0 aromatic rings. The molecule has 2 saturated heterocycles. The van der Waals surface area contributed by atoms with Crippen LogP contribution in [0.15, 0.2) is 0 Å². The van der Waals surface area contributed by atoms with Crippen molar-refractivity contribution in [2.75, 3.05) is 45.8 Å². The first kappa shape index (κ1) is 14.8. The van der Waals surface area contributed by atoms with E-state index in [1.807, 2.05) is 0 Å². The lowest BCUT2D eigenvalue weighted by molar-refractivity contribution is -0.137. The second kappa shape index (κ2) is 6.23. The van der Waals surface area contributed by atoms with Crippen molar-refractivity contribution in [3.8, 4) is 0 Å². The summed E-state index contributed by atoms with van der Waals surface area (Å²) in [5.74, 6) is 0.672. The van der Waals surface area contributed by atoms with Crippen molar-refractivity contribution in [3.63, 3.8) is 0 Å². The number of carbonyl (C=O) groups excluding carboxylic acids is 1. The maximum Gasteiger partial charge on any atom is 0.225 e. The number of piperidine rings is 1. The van der Waals surface area contributed by atoms with Gasteiger partial charge >= 0.3 is 0 Å². The van der Waals surface area contributed by atoms with Gasteiger partial charge in [-0.1, -0.05) is 20.8 Å². The maximum atomic E-state index is 12.4. The van der Waals surface area contributed by atoms with Gasteiger partial charge < -0.3 is 15.1 Å². The van der Waals surface area contributed by atoms with Crippen LogP contribution in [0.4, 0.5) is 0 Å². The molecule has 0 aromatic heterocycles. The van der Waals surface area contributed by atoms with Gasteiger partial charge in [0.15, 0.2) is 0 Å². The molecule has 0 aliphatic carbocycles. The van der Waals surface area contributed by atoms with Crippen molar-refractivity contribution >= 4 is 5.91 Å². The van der Waals surface area contributed by atoms with E-state index in [1.54, 1.807) is 0 Å². The van der Waals surface area contributed by atoms with E-state index in [0.717, 1.165) is 58.7 Å². The fraction of sp³-hybridized carbons (Fsp3) is 0.933. The molecule has 1 N–H and O–H groups in total. The Hall–Kier alpha value is -0.610. The van der Waals surface area contributed by atoms with Crippen molar-refractivity contribution < 1.29 is 4.79 Å². The van der Waals surface area contributed by atoms with Gasteiger partial charge in [0, 0.05) is 38.6 Å². The topological polar surface area (TPSA) is 35.6 Å². The smallest absolute Gasteiger partial charge is 0.225 e. The second-order valence-electron chi connectivity index (χ2n) is 7.19. The summed E-state index contributed by atoms with van der Waals surface area (Å²) in [5.41, 5.74) is 0.357. The van der Waals surface area contributed by atoms with E-state index >= 15 is 0 Å². The Kier molecular flexibility index (Phi) is 4.85. The minimum absolute atomic E-state index is 0.273. The molecule has 1 amide bonds. The van der Waals surface area contributed by atoms with Crippen LogP contribution in [0, 0.1) is 11.3 Å². The van der Waals surface area contributed by atoms with Crippen molar-refractivity contribution in [1.82, 2.24) is 15.1 Å². The zero-order valence-corrected chi connectivity index (χ0v) is 12.7. The summed E-state index contributed by atoms with van der Waals surface area (Å²) in [6.45, 7) is 13.8. The number of amides is 1. The van der Waals surface area contributed by atoms with Crippen LogP contribution in [0.5, 0.6) is 0 Å². The molecule has 2 heterocycles. The summed E-state index contributed by atoms with van der Waals surface area (Å²) >= 11 is 0. The first-order valence-corrected chi connectivity index (χ1v) is 7.67. The molecule has 2 rings (SSSR count). The average molecular weight is 267 g/mol. The fourth-order valence-corrected chi connectivity index (χ4v) is 3.15. The van der Waals surface area contributed by atoms with E-state index in [-0.39, 0.29) is 5.92 Å². The van der Waals surface area contributed by atoms with Crippen molar-refractivity contribution in [2.24, 2.45) is 11.3 Å². The highest BCUT2D eigenvalue weighted by atomic mass is 16.2. The Morgan fingerprint density at radius 2 is 1.68 bits per heavy atom. The molecule has 0 aromatic carbocycles. The molecule has 0 unspecified atom stereocenters. The maximum absolute atomic E-state index is 12.4. The third-order valence-electron chi connectivity index (χ3n) is 4.06. The number of rotatable bonds is 2. The molecule has 0 atom stereocenters. The quantitative estimate of drug-likeness (QED) is 0.816. The van der Waals surface area contributed by atoms with Gasteiger partial charge in [0.25, 0.3) is 0 Å². The van der Waals surface area contributed by atoms with Gasteiger partial charge in [-0.2, -0.15) is 0 Å². The number of nitrogens with one attached hydrogen (secondary N) is 1. The van der Waals surface area contributed by atoms with Gasteiger partial charge in [0.1, 0.15) is 0 Å². The molecule has 0 spiro atoms. The lowest BCUT2D eigenvalue weighted by atomic mass is 9.91. The van der Waals surface area contributed by atoms with Gasteiger partial charge in [0.05, 0.1) is 0 Å². The molecule has 19 heavy (non-hydrogen) atoms. The van der Waals surface area contributed by atoms with Gasteiger partial charge in [-0.3, -0.25) is 4.79 Å². The monoisotopic (exact) mass is 267 g/mol. The van der Waals surface area contributed by atoms with Crippen LogP contribution in [0.1, 0.15) is 33.6 Å². The van der Waals surface area contributed by atoms with Crippen LogP contribution in [-0.4, -0.2) is 61.5 Å². The fourth-order valence-electron chi connectivity index (χ4n) is 3.15. The largest absolute Gasteiger partial charge is 0.340 e. The standard InChI is InChI=1S/C15H29N3O/c1-15(2,3)12-17-8-4-13(5-9-17)14(19)18-10-6-16-7-11-18/h13,16H,4-12H2,1-3H3. The molecule has 110 valence electrons.